The monoisotopic (exact) mass is 403 g/mol. The van der Waals surface area contributed by atoms with Crippen molar-refractivity contribution in [2.24, 2.45) is 0 Å². The van der Waals surface area contributed by atoms with Gasteiger partial charge in [0, 0.05) is 6.42 Å². The zero-order chi connectivity index (χ0) is 21.4. The summed E-state index contributed by atoms with van der Waals surface area (Å²) in [6, 6.07) is 9.28. The molecule has 1 aliphatic carbocycles. The smallest absolute Gasteiger partial charge is 0.414 e. The Kier molecular flexibility index (Phi) is 7.82. The van der Waals surface area contributed by atoms with Gasteiger partial charge in [0.2, 0.25) is 0 Å². The molecule has 156 valence electrons. The minimum Gasteiger partial charge on any atom is -0.491 e. The van der Waals surface area contributed by atoms with Gasteiger partial charge in [-0.25, -0.2) is 14.4 Å². The fourth-order valence-electron chi connectivity index (χ4n) is 2.99. The molecule has 0 fully saturated rings. The van der Waals surface area contributed by atoms with Gasteiger partial charge in [-0.3, -0.25) is 4.90 Å². The van der Waals surface area contributed by atoms with Gasteiger partial charge < -0.3 is 18.9 Å². The van der Waals surface area contributed by atoms with Gasteiger partial charge in [0.15, 0.2) is 5.76 Å². The largest absolute Gasteiger partial charge is 0.491 e. The summed E-state index contributed by atoms with van der Waals surface area (Å²) in [6.07, 6.45) is -0.642. The SMILES string of the molecule is CCOC(=O)N(Cc1ccccc1)C1=C(OCC)C(C(=O)OC)=C(C(=O)OC)C1. The Morgan fingerprint density at radius 2 is 1.62 bits per heavy atom. The molecule has 0 unspecified atom stereocenters. The number of hydrogen-bond acceptors (Lipinski definition) is 7. The van der Waals surface area contributed by atoms with E-state index in [0.29, 0.717) is 5.70 Å². The lowest BCUT2D eigenvalue weighted by molar-refractivity contribution is -0.139. The molecule has 0 aromatic heterocycles. The highest BCUT2D eigenvalue weighted by atomic mass is 16.6. The maximum atomic E-state index is 12.7. The van der Waals surface area contributed by atoms with Crippen molar-refractivity contribution in [3.63, 3.8) is 0 Å². The van der Waals surface area contributed by atoms with Crippen molar-refractivity contribution in [3.05, 3.63) is 58.5 Å². The summed E-state index contributed by atoms with van der Waals surface area (Å²) in [5.74, 6) is -1.32. The molecule has 0 bridgehead atoms. The topological polar surface area (TPSA) is 91.4 Å². The maximum absolute atomic E-state index is 12.7. The van der Waals surface area contributed by atoms with E-state index in [4.69, 9.17) is 18.9 Å². The quantitative estimate of drug-likeness (QED) is 0.487. The third-order valence-corrected chi connectivity index (χ3v) is 4.24. The molecule has 1 aromatic carbocycles. The number of ether oxygens (including phenoxy) is 4. The second kappa shape index (κ2) is 10.3. The van der Waals surface area contributed by atoms with Crippen molar-refractivity contribution in [3.8, 4) is 0 Å². The van der Waals surface area contributed by atoms with Gasteiger partial charge in [-0.05, 0) is 19.4 Å². The normalized spacial score (nSPS) is 13.2. The number of nitrogens with zero attached hydrogens (tertiary/aromatic N) is 1. The number of methoxy groups -OCH3 is 2. The number of carbonyl (C=O) groups is 3. The summed E-state index contributed by atoms with van der Waals surface area (Å²) < 4.78 is 20.5. The van der Waals surface area contributed by atoms with Crippen LogP contribution in [0.2, 0.25) is 0 Å². The molecule has 1 aromatic rings. The lowest BCUT2D eigenvalue weighted by Crippen LogP contribution is -2.31. The zero-order valence-corrected chi connectivity index (χ0v) is 17.0. The molecule has 29 heavy (non-hydrogen) atoms. The van der Waals surface area contributed by atoms with Crippen LogP contribution in [-0.2, 0) is 35.1 Å². The first-order valence-corrected chi connectivity index (χ1v) is 9.22. The summed E-state index contributed by atoms with van der Waals surface area (Å²) >= 11 is 0. The summed E-state index contributed by atoms with van der Waals surface area (Å²) in [6.45, 7) is 4.00. The number of carbonyl (C=O) groups excluding carboxylic acids is 3. The van der Waals surface area contributed by atoms with Gasteiger partial charge in [0.25, 0.3) is 0 Å². The van der Waals surface area contributed by atoms with E-state index in [1.165, 1.54) is 19.1 Å². The Hall–Kier alpha value is -3.29. The van der Waals surface area contributed by atoms with Crippen molar-refractivity contribution in [2.75, 3.05) is 27.4 Å². The molecule has 0 atom stereocenters. The zero-order valence-electron chi connectivity index (χ0n) is 17.0. The molecule has 0 radical (unpaired) electrons. The molecular formula is C21H25NO7. The predicted molar refractivity (Wildman–Crippen MR) is 103 cm³/mol. The summed E-state index contributed by atoms with van der Waals surface area (Å²) in [4.78, 5) is 38.8. The number of benzene rings is 1. The number of amides is 1. The fraction of sp³-hybridized carbons (Fsp3) is 0.381. The molecule has 0 saturated carbocycles. The van der Waals surface area contributed by atoms with Gasteiger partial charge in [-0.2, -0.15) is 0 Å². The van der Waals surface area contributed by atoms with Crippen LogP contribution in [-0.4, -0.2) is 50.4 Å². The van der Waals surface area contributed by atoms with Gasteiger partial charge >= 0.3 is 18.0 Å². The highest BCUT2D eigenvalue weighted by molar-refractivity contribution is 6.05. The lowest BCUT2D eigenvalue weighted by atomic mass is 10.1. The highest BCUT2D eigenvalue weighted by Gasteiger charge is 2.39. The molecule has 0 saturated heterocycles. The third-order valence-electron chi connectivity index (χ3n) is 4.24. The average Bonchev–Trinajstić information content (AvgIpc) is 3.11. The molecule has 0 heterocycles. The molecule has 8 heteroatoms. The van der Waals surface area contributed by atoms with Crippen LogP contribution >= 0.6 is 0 Å². The van der Waals surface area contributed by atoms with Crippen molar-refractivity contribution < 1.29 is 33.3 Å². The summed E-state index contributed by atoms with van der Waals surface area (Å²) in [7, 11) is 2.43. The van der Waals surface area contributed by atoms with Gasteiger partial charge in [-0.1, -0.05) is 30.3 Å². The van der Waals surface area contributed by atoms with Crippen LogP contribution in [0.25, 0.3) is 0 Å². The summed E-state index contributed by atoms with van der Waals surface area (Å²) in [5, 5.41) is 0. The number of rotatable bonds is 8. The number of esters is 2. The Bertz CT molecular complexity index is 827. The standard InChI is InChI=1S/C21H25NO7/c1-5-28-18-16(12-15(19(23)26-3)17(18)20(24)27-4)22(21(25)29-6-2)13-14-10-8-7-9-11-14/h7-11H,5-6,12-13H2,1-4H3. The summed E-state index contributed by atoms with van der Waals surface area (Å²) in [5.41, 5.74) is 1.21. The van der Waals surface area contributed by atoms with Gasteiger partial charge in [0.05, 0.1) is 45.2 Å². The van der Waals surface area contributed by atoms with E-state index >= 15 is 0 Å². The minimum absolute atomic E-state index is 0.0297. The lowest BCUT2D eigenvalue weighted by Gasteiger charge is -2.25. The van der Waals surface area contributed by atoms with E-state index in [2.05, 4.69) is 0 Å². The predicted octanol–water partition coefficient (Wildman–Crippen LogP) is 2.94. The second-order valence-electron chi connectivity index (χ2n) is 5.99. The van der Waals surface area contributed by atoms with E-state index in [1.54, 1.807) is 13.8 Å². The molecule has 1 aliphatic rings. The van der Waals surface area contributed by atoms with Crippen LogP contribution in [0.4, 0.5) is 4.79 Å². The van der Waals surface area contributed by atoms with Crippen LogP contribution in [0.15, 0.2) is 52.9 Å². The molecule has 1 amide bonds. The van der Waals surface area contributed by atoms with Crippen LogP contribution < -0.4 is 0 Å². The second-order valence-corrected chi connectivity index (χ2v) is 5.99. The van der Waals surface area contributed by atoms with Gasteiger partial charge in [0.1, 0.15) is 5.57 Å². The first-order valence-electron chi connectivity index (χ1n) is 9.22. The van der Waals surface area contributed by atoms with Crippen molar-refractivity contribution in [1.29, 1.82) is 0 Å². The molecule has 0 N–H and O–H groups in total. The Morgan fingerprint density at radius 1 is 0.966 bits per heavy atom. The Morgan fingerprint density at radius 3 is 2.17 bits per heavy atom. The minimum atomic E-state index is -0.743. The van der Waals surface area contributed by atoms with Gasteiger partial charge in [-0.15, -0.1) is 0 Å². The van der Waals surface area contributed by atoms with E-state index < -0.39 is 18.0 Å². The van der Waals surface area contributed by atoms with E-state index in [1.807, 2.05) is 30.3 Å². The van der Waals surface area contributed by atoms with Crippen molar-refractivity contribution >= 4 is 18.0 Å². The molecule has 2 rings (SSSR count). The van der Waals surface area contributed by atoms with E-state index in [-0.39, 0.29) is 43.1 Å². The molecular weight excluding hydrogens is 378 g/mol. The fourth-order valence-corrected chi connectivity index (χ4v) is 2.99. The Labute approximate surface area is 169 Å². The maximum Gasteiger partial charge on any atom is 0.414 e. The van der Waals surface area contributed by atoms with Crippen LogP contribution in [0.3, 0.4) is 0 Å². The Balaban J connectivity index is 2.56. The molecule has 8 nitrogen and oxygen atoms in total. The van der Waals surface area contributed by atoms with Crippen molar-refractivity contribution in [1.82, 2.24) is 4.90 Å². The third kappa shape index (κ3) is 4.96. The molecule has 0 aliphatic heterocycles. The first kappa shape index (κ1) is 22.0. The first-order chi connectivity index (χ1) is 14.0. The van der Waals surface area contributed by atoms with Crippen LogP contribution in [0.1, 0.15) is 25.8 Å². The van der Waals surface area contributed by atoms with Crippen molar-refractivity contribution in [2.45, 2.75) is 26.8 Å². The number of allylic oxidation sites excluding steroid dienone is 1. The van der Waals surface area contributed by atoms with Crippen LogP contribution in [0.5, 0.6) is 0 Å². The van der Waals surface area contributed by atoms with E-state index in [9.17, 15) is 14.4 Å². The highest BCUT2D eigenvalue weighted by Crippen LogP contribution is 2.37. The van der Waals surface area contributed by atoms with E-state index in [0.717, 1.165) is 5.56 Å². The number of hydrogen-bond donors (Lipinski definition) is 0. The van der Waals surface area contributed by atoms with Crippen LogP contribution in [0, 0.1) is 0 Å². The molecule has 0 spiro atoms. The average molecular weight is 403 g/mol.